The Morgan fingerprint density at radius 2 is 2.19 bits per heavy atom. The second-order valence-electron chi connectivity index (χ2n) is 3.91. The molecule has 0 amide bonds. The van der Waals surface area contributed by atoms with Crippen LogP contribution in [0.1, 0.15) is 13.3 Å². The van der Waals surface area contributed by atoms with Gasteiger partial charge in [0.25, 0.3) is 0 Å². The standard InChI is InChI=1S/C12H15BrO3/c1-9(7-13)4-5-14-10-2-3-11-12(6-10)16-8-15-11/h2-3,6,9H,4-5,7-8H2,1H3. The van der Waals surface area contributed by atoms with Gasteiger partial charge in [-0.25, -0.2) is 0 Å². The van der Waals surface area contributed by atoms with E-state index in [1.165, 1.54) is 0 Å². The molecule has 0 bridgehead atoms. The molecule has 0 saturated carbocycles. The van der Waals surface area contributed by atoms with Crippen molar-refractivity contribution < 1.29 is 14.2 Å². The number of hydrogen-bond acceptors (Lipinski definition) is 3. The van der Waals surface area contributed by atoms with E-state index in [4.69, 9.17) is 14.2 Å². The number of rotatable bonds is 5. The largest absolute Gasteiger partial charge is 0.493 e. The van der Waals surface area contributed by atoms with Crippen LogP contribution in [0.2, 0.25) is 0 Å². The number of fused-ring (bicyclic) bond motifs is 1. The van der Waals surface area contributed by atoms with Crippen LogP contribution < -0.4 is 14.2 Å². The highest BCUT2D eigenvalue weighted by atomic mass is 79.9. The highest BCUT2D eigenvalue weighted by Crippen LogP contribution is 2.35. The third kappa shape index (κ3) is 2.82. The van der Waals surface area contributed by atoms with Gasteiger partial charge in [-0.3, -0.25) is 0 Å². The van der Waals surface area contributed by atoms with Crippen molar-refractivity contribution in [3.05, 3.63) is 18.2 Å². The summed E-state index contributed by atoms with van der Waals surface area (Å²) in [5.41, 5.74) is 0. The van der Waals surface area contributed by atoms with Crippen molar-refractivity contribution in [2.75, 3.05) is 18.7 Å². The second-order valence-corrected chi connectivity index (χ2v) is 4.56. The van der Waals surface area contributed by atoms with E-state index in [2.05, 4.69) is 22.9 Å². The fourth-order valence-electron chi connectivity index (χ4n) is 1.42. The van der Waals surface area contributed by atoms with Crippen molar-refractivity contribution in [1.29, 1.82) is 0 Å². The van der Waals surface area contributed by atoms with Gasteiger partial charge in [-0.15, -0.1) is 0 Å². The molecule has 88 valence electrons. The molecule has 0 spiro atoms. The molecule has 1 aliphatic heterocycles. The molecule has 16 heavy (non-hydrogen) atoms. The zero-order chi connectivity index (χ0) is 11.4. The molecule has 1 heterocycles. The van der Waals surface area contributed by atoms with Crippen LogP contribution in [0.3, 0.4) is 0 Å². The third-order valence-corrected chi connectivity index (χ3v) is 3.59. The van der Waals surface area contributed by atoms with Crippen LogP contribution in [-0.2, 0) is 0 Å². The van der Waals surface area contributed by atoms with E-state index < -0.39 is 0 Å². The fourth-order valence-corrected chi connectivity index (χ4v) is 1.75. The molecule has 3 nitrogen and oxygen atoms in total. The van der Waals surface area contributed by atoms with Gasteiger partial charge in [-0.1, -0.05) is 22.9 Å². The number of alkyl halides is 1. The lowest BCUT2D eigenvalue weighted by Crippen LogP contribution is -2.04. The topological polar surface area (TPSA) is 27.7 Å². The maximum atomic E-state index is 5.65. The molecule has 0 N–H and O–H groups in total. The molecule has 0 aliphatic carbocycles. The van der Waals surface area contributed by atoms with E-state index in [9.17, 15) is 0 Å². The van der Waals surface area contributed by atoms with Crippen molar-refractivity contribution in [3.63, 3.8) is 0 Å². The zero-order valence-corrected chi connectivity index (χ0v) is 10.8. The molecule has 1 aromatic carbocycles. The lowest BCUT2D eigenvalue weighted by atomic mass is 10.1. The fraction of sp³-hybridized carbons (Fsp3) is 0.500. The minimum atomic E-state index is 0.305. The van der Waals surface area contributed by atoms with E-state index in [1.54, 1.807) is 0 Å². The van der Waals surface area contributed by atoms with Gasteiger partial charge in [0, 0.05) is 11.4 Å². The average molecular weight is 287 g/mol. The summed E-state index contributed by atoms with van der Waals surface area (Å²) in [5, 5.41) is 1.01. The second kappa shape index (κ2) is 5.43. The minimum absolute atomic E-state index is 0.305. The van der Waals surface area contributed by atoms with Crippen LogP contribution in [0, 0.1) is 5.92 Å². The normalized spacial score (nSPS) is 14.9. The van der Waals surface area contributed by atoms with Crippen LogP contribution in [0.25, 0.3) is 0 Å². The predicted octanol–water partition coefficient (Wildman–Crippen LogP) is 3.22. The summed E-state index contributed by atoms with van der Waals surface area (Å²) < 4.78 is 16.2. The Bertz CT molecular complexity index is 354. The van der Waals surface area contributed by atoms with Crippen LogP contribution in [0.5, 0.6) is 17.2 Å². The zero-order valence-electron chi connectivity index (χ0n) is 9.24. The van der Waals surface area contributed by atoms with Crippen LogP contribution in [0.4, 0.5) is 0 Å². The van der Waals surface area contributed by atoms with E-state index in [1.807, 2.05) is 18.2 Å². The first kappa shape index (κ1) is 11.6. The molecule has 0 aromatic heterocycles. The first-order chi connectivity index (χ1) is 7.79. The molecule has 0 fully saturated rings. The van der Waals surface area contributed by atoms with Gasteiger partial charge in [0.15, 0.2) is 11.5 Å². The van der Waals surface area contributed by atoms with Gasteiger partial charge in [-0.05, 0) is 24.5 Å². The van der Waals surface area contributed by atoms with Gasteiger partial charge in [-0.2, -0.15) is 0 Å². The van der Waals surface area contributed by atoms with Crippen molar-refractivity contribution >= 4 is 15.9 Å². The lowest BCUT2D eigenvalue weighted by molar-refractivity contribution is 0.173. The Morgan fingerprint density at radius 1 is 1.38 bits per heavy atom. The monoisotopic (exact) mass is 286 g/mol. The van der Waals surface area contributed by atoms with Crippen LogP contribution in [-0.4, -0.2) is 18.7 Å². The van der Waals surface area contributed by atoms with E-state index >= 15 is 0 Å². The molecule has 1 unspecified atom stereocenters. The Labute approximate surface area is 104 Å². The molecule has 0 radical (unpaired) electrons. The van der Waals surface area contributed by atoms with E-state index in [-0.39, 0.29) is 0 Å². The van der Waals surface area contributed by atoms with Gasteiger partial charge >= 0.3 is 0 Å². The lowest BCUT2D eigenvalue weighted by Gasteiger charge is -2.09. The average Bonchev–Trinajstić information content (AvgIpc) is 2.76. The summed E-state index contributed by atoms with van der Waals surface area (Å²) >= 11 is 3.45. The van der Waals surface area contributed by atoms with Gasteiger partial charge in [0.05, 0.1) is 6.61 Å². The van der Waals surface area contributed by atoms with Gasteiger partial charge < -0.3 is 14.2 Å². The SMILES string of the molecule is CC(CBr)CCOc1ccc2c(c1)OCO2. The third-order valence-electron chi connectivity index (χ3n) is 2.49. The molecular formula is C12H15BrO3. The minimum Gasteiger partial charge on any atom is -0.493 e. The summed E-state index contributed by atoms with van der Waals surface area (Å²) in [4.78, 5) is 0. The van der Waals surface area contributed by atoms with E-state index in [0.29, 0.717) is 12.7 Å². The molecule has 1 atom stereocenters. The summed E-state index contributed by atoms with van der Waals surface area (Å²) in [6, 6.07) is 5.67. The quantitative estimate of drug-likeness (QED) is 0.778. The molecule has 1 aromatic rings. The summed E-state index contributed by atoms with van der Waals surface area (Å²) in [5.74, 6) is 3.03. The molecule has 0 saturated heterocycles. The van der Waals surface area contributed by atoms with Gasteiger partial charge in [0.1, 0.15) is 5.75 Å². The first-order valence-electron chi connectivity index (χ1n) is 5.38. The van der Waals surface area contributed by atoms with Crippen molar-refractivity contribution in [3.8, 4) is 17.2 Å². The Kier molecular flexibility index (Phi) is 3.93. The highest BCUT2D eigenvalue weighted by molar-refractivity contribution is 9.09. The summed E-state index contributed by atoms with van der Waals surface area (Å²) in [6.07, 6.45) is 1.04. The Balaban J connectivity index is 1.86. The Morgan fingerprint density at radius 3 is 3.00 bits per heavy atom. The van der Waals surface area contributed by atoms with Gasteiger partial charge in [0.2, 0.25) is 6.79 Å². The molecular weight excluding hydrogens is 272 g/mol. The van der Waals surface area contributed by atoms with Crippen molar-refractivity contribution in [1.82, 2.24) is 0 Å². The van der Waals surface area contributed by atoms with E-state index in [0.717, 1.165) is 35.6 Å². The van der Waals surface area contributed by atoms with Crippen molar-refractivity contribution in [2.45, 2.75) is 13.3 Å². The van der Waals surface area contributed by atoms with Crippen LogP contribution in [0.15, 0.2) is 18.2 Å². The molecule has 4 heteroatoms. The summed E-state index contributed by atoms with van der Waals surface area (Å²) in [7, 11) is 0. The number of ether oxygens (including phenoxy) is 3. The maximum absolute atomic E-state index is 5.65. The Hall–Kier alpha value is -0.900. The summed E-state index contributed by atoms with van der Waals surface area (Å²) in [6.45, 7) is 3.23. The highest BCUT2D eigenvalue weighted by Gasteiger charge is 2.13. The number of halogens is 1. The molecule has 1 aliphatic rings. The van der Waals surface area contributed by atoms with Crippen molar-refractivity contribution in [2.24, 2.45) is 5.92 Å². The first-order valence-corrected chi connectivity index (χ1v) is 6.50. The maximum Gasteiger partial charge on any atom is 0.231 e. The smallest absolute Gasteiger partial charge is 0.231 e. The van der Waals surface area contributed by atoms with Crippen LogP contribution >= 0.6 is 15.9 Å². The molecule has 2 rings (SSSR count). The number of benzene rings is 1. The number of hydrogen-bond donors (Lipinski definition) is 0. The predicted molar refractivity (Wildman–Crippen MR) is 65.6 cm³/mol.